The first-order valence-corrected chi connectivity index (χ1v) is 5.92. The van der Waals surface area contributed by atoms with Crippen LogP contribution < -0.4 is 0 Å². The van der Waals surface area contributed by atoms with Gasteiger partial charge in [0.2, 0.25) is 11.8 Å². The van der Waals surface area contributed by atoms with Crippen molar-refractivity contribution in [3.8, 4) is 0 Å². The highest BCUT2D eigenvalue weighted by Crippen LogP contribution is 2.63. The molecule has 1 aliphatic carbocycles. The quantitative estimate of drug-likeness (QED) is 0.532. The van der Waals surface area contributed by atoms with Gasteiger partial charge in [-0.05, 0) is 12.3 Å². The van der Waals surface area contributed by atoms with Crippen molar-refractivity contribution in [2.75, 3.05) is 13.2 Å². The maximum absolute atomic E-state index is 11.9. The largest absolute Gasteiger partial charge is 0.466 e. The van der Waals surface area contributed by atoms with Crippen LogP contribution in [0.5, 0.6) is 0 Å². The summed E-state index contributed by atoms with van der Waals surface area (Å²) in [6.07, 6.45) is 0.0885. The number of esters is 1. The lowest BCUT2D eigenvalue weighted by Crippen LogP contribution is -2.37. The molecule has 1 aliphatic heterocycles. The predicted octanol–water partition coefficient (Wildman–Crippen LogP) is 0.581. The van der Waals surface area contributed by atoms with E-state index in [1.807, 2.05) is 13.8 Å². The topological polar surface area (TPSA) is 63.7 Å². The van der Waals surface area contributed by atoms with Gasteiger partial charge in [-0.25, -0.2) is 0 Å². The van der Waals surface area contributed by atoms with E-state index in [9.17, 15) is 14.4 Å². The summed E-state index contributed by atoms with van der Waals surface area (Å²) >= 11 is 0. The van der Waals surface area contributed by atoms with E-state index < -0.39 is 0 Å². The number of carbonyl (C=O) groups excluding carboxylic acids is 3. The van der Waals surface area contributed by atoms with Crippen LogP contribution in [0.4, 0.5) is 0 Å². The van der Waals surface area contributed by atoms with E-state index in [-0.39, 0.29) is 48.0 Å². The molecule has 1 saturated heterocycles. The number of piperidine rings is 1. The number of ether oxygens (including phenoxy) is 1. The van der Waals surface area contributed by atoms with Crippen molar-refractivity contribution in [1.82, 2.24) is 4.90 Å². The summed E-state index contributed by atoms with van der Waals surface area (Å²) in [4.78, 5) is 36.2. The molecule has 5 nitrogen and oxygen atoms in total. The Hall–Kier alpha value is -1.39. The van der Waals surface area contributed by atoms with Gasteiger partial charge in [-0.1, -0.05) is 13.8 Å². The molecule has 2 unspecified atom stereocenters. The van der Waals surface area contributed by atoms with E-state index in [0.29, 0.717) is 6.61 Å². The fourth-order valence-corrected chi connectivity index (χ4v) is 2.66. The molecular weight excluding hydrogens is 222 g/mol. The molecule has 0 N–H and O–H groups in total. The van der Waals surface area contributed by atoms with Gasteiger partial charge in [0.15, 0.2) is 0 Å². The molecule has 0 aromatic rings. The first-order valence-electron chi connectivity index (χ1n) is 5.92. The van der Waals surface area contributed by atoms with Gasteiger partial charge in [0.25, 0.3) is 0 Å². The first kappa shape index (κ1) is 12.1. The highest BCUT2D eigenvalue weighted by atomic mass is 16.5. The zero-order valence-electron chi connectivity index (χ0n) is 10.4. The maximum Gasteiger partial charge on any atom is 0.307 e. The Morgan fingerprint density at radius 3 is 2.29 bits per heavy atom. The molecular formula is C12H17NO4. The van der Waals surface area contributed by atoms with E-state index in [2.05, 4.69) is 0 Å². The van der Waals surface area contributed by atoms with Crippen LogP contribution in [0, 0.1) is 17.3 Å². The summed E-state index contributed by atoms with van der Waals surface area (Å²) in [5.74, 6) is -0.967. The number of fused-ring (bicyclic) bond motifs is 1. The SMILES string of the molecule is CCOC(=O)CCN1C(=O)C2C(C1=O)C2(C)C. The first-order chi connectivity index (χ1) is 7.91. The standard InChI is InChI=1S/C12H17NO4/c1-4-17-7(14)5-6-13-10(15)8-9(11(13)16)12(8,2)3/h8-9H,4-6H2,1-3H3. The third kappa shape index (κ3) is 1.73. The summed E-state index contributed by atoms with van der Waals surface area (Å²) in [5.41, 5.74) is -0.186. The van der Waals surface area contributed by atoms with E-state index >= 15 is 0 Å². The van der Waals surface area contributed by atoms with Crippen molar-refractivity contribution >= 4 is 17.8 Å². The monoisotopic (exact) mass is 239 g/mol. The average molecular weight is 239 g/mol. The Morgan fingerprint density at radius 1 is 1.29 bits per heavy atom. The Bertz CT molecular complexity index is 364. The van der Waals surface area contributed by atoms with Crippen LogP contribution in [0.25, 0.3) is 0 Å². The average Bonchev–Trinajstić information content (AvgIpc) is 2.69. The number of rotatable bonds is 4. The minimum absolute atomic E-state index is 0.0885. The molecule has 0 aromatic heterocycles. The molecule has 2 fully saturated rings. The summed E-state index contributed by atoms with van der Waals surface area (Å²) in [7, 11) is 0. The van der Waals surface area contributed by atoms with Gasteiger partial charge in [-0.15, -0.1) is 0 Å². The second-order valence-electron chi connectivity index (χ2n) is 5.16. The number of amides is 2. The molecule has 2 amide bonds. The lowest BCUT2D eigenvalue weighted by molar-refractivity contribution is -0.146. The molecule has 2 atom stereocenters. The van der Waals surface area contributed by atoms with E-state index in [1.54, 1.807) is 6.92 Å². The number of likely N-dealkylation sites (tertiary alicyclic amines) is 1. The summed E-state index contributed by atoms with van der Waals surface area (Å²) in [6.45, 7) is 6.06. The molecule has 5 heteroatoms. The van der Waals surface area contributed by atoms with Crippen molar-refractivity contribution in [2.24, 2.45) is 17.3 Å². The Kier molecular flexibility index (Phi) is 2.72. The summed E-state index contributed by atoms with van der Waals surface area (Å²) < 4.78 is 4.76. The van der Waals surface area contributed by atoms with Gasteiger partial charge in [0.05, 0.1) is 24.9 Å². The second-order valence-corrected chi connectivity index (χ2v) is 5.16. The van der Waals surface area contributed by atoms with Gasteiger partial charge in [-0.3, -0.25) is 19.3 Å². The van der Waals surface area contributed by atoms with E-state index in [4.69, 9.17) is 4.74 Å². The molecule has 0 bridgehead atoms. The zero-order valence-corrected chi connectivity index (χ0v) is 10.4. The third-order valence-electron chi connectivity index (χ3n) is 3.74. The van der Waals surface area contributed by atoms with Crippen molar-refractivity contribution in [1.29, 1.82) is 0 Å². The van der Waals surface area contributed by atoms with Crippen LogP contribution in [0.1, 0.15) is 27.2 Å². The Labute approximate surface area is 100 Å². The van der Waals surface area contributed by atoms with Gasteiger partial charge in [0, 0.05) is 6.54 Å². The molecule has 0 spiro atoms. The maximum atomic E-state index is 11.9. The molecule has 1 heterocycles. The van der Waals surface area contributed by atoms with Crippen molar-refractivity contribution in [2.45, 2.75) is 27.2 Å². The summed E-state index contributed by atoms with van der Waals surface area (Å²) in [6, 6.07) is 0. The van der Waals surface area contributed by atoms with Crippen LogP contribution in [-0.4, -0.2) is 35.8 Å². The van der Waals surface area contributed by atoms with Crippen molar-refractivity contribution < 1.29 is 19.1 Å². The molecule has 2 aliphatic rings. The number of carbonyl (C=O) groups is 3. The van der Waals surface area contributed by atoms with Crippen LogP contribution in [-0.2, 0) is 19.1 Å². The summed E-state index contributed by atoms with van der Waals surface area (Å²) in [5, 5.41) is 0. The predicted molar refractivity (Wildman–Crippen MR) is 58.7 cm³/mol. The van der Waals surface area contributed by atoms with Crippen molar-refractivity contribution in [3.05, 3.63) is 0 Å². The highest BCUT2D eigenvalue weighted by Gasteiger charge is 2.72. The van der Waals surface area contributed by atoms with Gasteiger partial charge in [-0.2, -0.15) is 0 Å². The van der Waals surface area contributed by atoms with Gasteiger partial charge >= 0.3 is 5.97 Å². The Morgan fingerprint density at radius 2 is 1.82 bits per heavy atom. The second kappa shape index (κ2) is 3.82. The minimum Gasteiger partial charge on any atom is -0.466 e. The van der Waals surface area contributed by atoms with E-state index in [0.717, 1.165) is 0 Å². The molecule has 17 heavy (non-hydrogen) atoms. The lowest BCUT2D eigenvalue weighted by Gasteiger charge is -2.19. The van der Waals surface area contributed by atoms with Crippen LogP contribution >= 0.6 is 0 Å². The van der Waals surface area contributed by atoms with Crippen LogP contribution in [0.2, 0.25) is 0 Å². The fraction of sp³-hybridized carbons (Fsp3) is 0.750. The van der Waals surface area contributed by atoms with Gasteiger partial charge in [0.1, 0.15) is 0 Å². The Balaban J connectivity index is 1.91. The molecule has 0 radical (unpaired) electrons. The third-order valence-corrected chi connectivity index (χ3v) is 3.74. The van der Waals surface area contributed by atoms with Crippen LogP contribution in [0.15, 0.2) is 0 Å². The lowest BCUT2D eigenvalue weighted by atomic mass is 10.1. The molecule has 1 saturated carbocycles. The number of hydrogen-bond acceptors (Lipinski definition) is 4. The van der Waals surface area contributed by atoms with Gasteiger partial charge < -0.3 is 4.74 Å². The zero-order chi connectivity index (χ0) is 12.8. The number of imide groups is 1. The van der Waals surface area contributed by atoms with E-state index in [1.165, 1.54) is 4.90 Å². The highest BCUT2D eigenvalue weighted by molar-refractivity contribution is 6.10. The number of hydrogen-bond donors (Lipinski definition) is 0. The molecule has 94 valence electrons. The minimum atomic E-state index is -0.368. The molecule has 2 rings (SSSR count). The van der Waals surface area contributed by atoms with Crippen molar-refractivity contribution in [3.63, 3.8) is 0 Å². The fourth-order valence-electron chi connectivity index (χ4n) is 2.66. The smallest absolute Gasteiger partial charge is 0.307 e. The van der Waals surface area contributed by atoms with Crippen LogP contribution in [0.3, 0.4) is 0 Å². The number of nitrogens with zero attached hydrogens (tertiary/aromatic N) is 1. The normalized spacial score (nSPS) is 29.2. The molecule has 0 aromatic carbocycles.